The fourth-order valence-electron chi connectivity index (χ4n) is 1.32. The lowest BCUT2D eigenvalue weighted by Gasteiger charge is -2.24. The van der Waals surface area contributed by atoms with Gasteiger partial charge in [-0.05, 0) is 5.53 Å². The first kappa shape index (κ1) is 16.8. The van der Waals surface area contributed by atoms with Gasteiger partial charge in [0.2, 0.25) is 5.91 Å². The highest BCUT2D eigenvalue weighted by Gasteiger charge is 2.33. The Morgan fingerprint density at radius 3 is 2.47 bits per heavy atom. The predicted octanol–water partition coefficient (Wildman–Crippen LogP) is -1.58. The van der Waals surface area contributed by atoms with Gasteiger partial charge in [0.25, 0.3) is 0 Å². The van der Waals surface area contributed by atoms with E-state index in [2.05, 4.69) is 10.0 Å². The van der Waals surface area contributed by atoms with Gasteiger partial charge in [0, 0.05) is 10.8 Å². The van der Waals surface area contributed by atoms with Gasteiger partial charge in [0.1, 0.15) is 25.0 Å². The number of hydrogen-bond acceptors (Lipinski definition) is 6. The summed E-state index contributed by atoms with van der Waals surface area (Å²) in [6, 6.07) is -1.34. The first-order valence-corrected chi connectivity index (χ1v) is 5.20. The minimum Gasteiger partial charge on any atom is -0.480 e. The van der Waals surface area contributed by atoms with Gasteiger partial charge in [-0.1, -0.05) is 12.0 Å². The number of hydrogen-bond donors (Lipinski definition) is 4. The zero-order valence-corrected chi connectivity index (χ0v) is 10.0. The molecule has 1 amide bonds. The summed E-state index contributed by atoms with van der Waals surface area (Å²) in [5.41, 5.74) is 8.30. The number of aliphatic carboxylic acids is 1. The zero-order chi connectivity index (χ0) is 15.0. The highest BCUT2D eigenvalue weighted by molar-refractivity contribution is 5.84. The Kier molecular flexibility index (Phi) is 7.12. The van der Waals surface area contributed by atoms with Crippen LogP contribution in [0.1, 0.15) is 6.92 Å². The molecule has 4 N–H and O–H groups in total. The molecule has 0 heterocycles. The van der Waals surface area contributed by atoms with Gasteiger partial charge < -0.3 is 25.4 Å². The topological polar surface area (TPSA) is 173 Å². The van der Waals surface area contributed by atoms with Crippen molar-refractivity contribution in [2.24, 2.45) is 11.0 Å². The predicted molar refractivity (Wildman–Crippen MR) is 60.8 cm³/mol. The van der Waals surface area contributed by atoms with Crippen LogP contribution in [-0.4, -0.2) is 58.3 Å². The standard InChI is InChI=1S/C9H14N4O6/c1-4(7(12-13-10)5(15)3-14)8(18)9(19)11-2-6(16)17/h3-5,7-8,15,18H,2H2,1H3,(H,11,19)(H,16,17)/t4-,5-,7?,8+/m0/s1. The number of aldehydes is 1. The smallest absolute Gasteiger partial charge is 0.322 e. The van der Waals surface area contributed by atoms with Crippen LogP contribution in [0.5, 0.6) is 0 Å². The van der Waals surface area contributed by atoms with Crippen molar-refractivity contribution in [3.8, 4) is 0 Å². The third kappa shape index (κ3) is 5.34. The summed E-state index contributed by atoms with van der Waals surface area (Å²) in [5.74, 6) is -3.39. The van der Waals surface area contributed by atoms with E-state index < -0.39 is 42.6 Å². The number of azide groups is 1. The molecule has 0 saturated carbocycles. The van der Waals surface area contributed by atoms with E-state index in [-0.39, 0.29) is 6.29 Å². The molecule has 0 radical (unpaired) electrons. The third-order valence-corrected chi connectivity index (χ3v) is 2.39. The van der Waals surface area contributed by atoms with Crippen LogP contribution in [0, 0.1) is 5.92 Å². The Hall–Kier alpha value is -2.16. The first-order valence-electron chi connectivity index (χ1n) is 5.20. The van der Waals surface area contributed by atoms with Gasteiger partial charge in [-0.15, -0.1) is 0 Å². The zero-order valence-electron chi connectivity index (χ0n) is 10.0. The van der Waals surface area contributed by atoms with Crippen molar-refractivity contribution < 1.29 is 29.7 Å². The Morgan fingerprint density at radius 1 is 1.47 bits per heavy atom. The molecule has 4 atom stereocenters. The molecule has 0 aliphatic heterocycles. The lowest BCUT2D eigenvalue weighted by molar-refractivity contribution is -0.140. The summed E-state index contributed by atoms with van der Waals surface area (Å²) in [4.78, 5) is 34.5. The summed E-state index contributed by atoms with van der Waals surface area (Å²) in [6.07, 6.45) is -3.30. The van der Waals surface area contributed by atoms with E-state index in [0.29, 0.717) is 0 Å². The van der Waals surface area contributed by atoms with Crippen molar-refractivity contribution in [3.63, 3.8) is 0 Å². The van der Waals surface area contributed by atoms with Crippen LogP contribution in [-0.2, 0) is 14.4 Å². The van der Waals surface area contributed by atoms with Crippen LogP contribution in [0.15, 0.2) is 5.11 Å². The molecule has 0 spiro atoms. The Balaban J connectivity index is 4.78. The molecule has 0 fully saturated rings. The van der Waals surface area contributed by atoms with Crippen LogP contribution in [0.25, 0.3) is 10.4 Å². The molecule has 10 heteroatoms. The first-order chi connectivity index (χ1) is 8.84. The molecule has 0 aromatic carbocycles. The number of amides is 1. The maximum Gasteiger partial charge on any atom is 0.322 e. The molecular formula is C9H14N4O6. The number of carbonyl (C=O) groups excluding carboxylic acids is 2. The number of nitrogens with zero attached hydrogens (tertiary/aromatic N) is 3. The van der Waals surface area contributed by atoms with Gasteiger partial charge in [-0.25, -0.2) is 0 Å². The van der Waals surface area contributed by atoms with E-state index in [9.17, 15) is 24.6 Å². The minimum absolute atomic E-state index is 0.109. The number of nitrogens with one attached hydrogen (secondary N) is 1. The fraction of sp³-hybridized carbons (Fsp3) is 0.667. The number of rotatable bonds is 8. The molecule has 0 saturated heterocycles. The van der Waals surface area contributed by atoms with Crippen LogP contribution < -0.4 is 5.32 Å². The maximum absolute atomic E-state index is 11.4. The van der Waals surface area contributed by atoms with Crippen LogP contribution >= 0.6 is 0 Å². The molecule has 1 unspecified atom stereocenters. The number of carbonyl (C=O) groups is 3. The van der Waals surface area contributed by atoms with Gasteiger partial charge in [-0.3, -0.25) is 9.59 Å². The highest BCUT2D eigenvalue weighted by Crippen LogP contribution is 2.16. The SMILES string of the molecule is C[C@@H](C(N=[N+]=[N-])[C@@H](O)C=O)[C@@H](O)C(=O)NCC(=O)O. The third-order valence-electron chi connectivity index (χ3n) is 2.39. The summed E-state index contributed by atoms with van der Waals surface area (Å²) in [7, 11) is 0. The highest BCUT2D eigenvalue weighted by atomic mass is 16.4. The maximum atomic E-state index is 11.4. The monoisotopic (exact) mass is 274 g/mol. The van der Waals surface area contributed by atoms with E-state index in [1.54, 1.807) is 0 Å². The molecule has 0 aromatic rings. The summed E-state index contributed by atoms with van der Waals surface area (Å²) >= 11 is 0. The Bertz CT molecular complexity index is 394. The van der Waals surface area contributed by atoms with Gasteiger partial charge in [0.05, 0.1) is 6.04 Å². The molecule has 0 aliphatic rings. The molecule has 0 aliphatic carbocycles. The lowest BCUT2D eigenvalue weighted by atomic mass is 9.92. The molecule has 10 nitrogen and oxygen atoms in total. The number of carboxylic acid groups (broad SMARTS) is 1. The van der Waals surface area contributed by atoms with Gasteiger partial charge in [-0.2, -0.15) is 0 Å². The van der Waals surface area contributed by atoms with Gasteiger partial charge >= 0.3 is 5.97 Å². The quantitative estimate of drug-likeness (QED) is 0.180. The summed E-state index contributed by atoms with van der Waals surface area (Å²) < 4.78 is 0. The van der Waals surface area contributed by atoms with Crippen molar-refractivity contribution in [1.82, 2.24) is 5.32 Å². The summed E-state index contributed by atoms with van der Waals surface area (Å²) in [5, 5.41) is 32.3. The second-order valence-corrected chi connectivity index (χ2v) is 3.74. The second-order valence-electron chi connectivity index (χ2n) is 3.74. The van der Waals surface area contributed by atoms with Crippen LogP contribution in [0.4, 0.5) is 0 Å². The molecule has 0 rings (SSSR count). The van der Waals surface area contributed by atoms with E-state index in [1.165, 1.54) is 6.92 Å². The Morgan fingerprint density at radius 2 is 2.05 bits per heavy atom. The molecule has 19 heavy (non-hydrogen) atoms. The second kappa shape index (κ2) is 8.03. The van der Waals surface area contributed by atoms with Crippen molar-refractivity contribution in [3.05, 3.63) is 10.4 Å². The molecule has 0 bridgehead atoms. The van der Waals surface area contributed by atoms with Crippen molar-refractivity contribution in [2.45, 2.75) is 25.2 Å². The lowest BCUT2D eigenvalue weighted by Crippen LogP contribution is -2.46. The molecule has 106 valence electrons. The number of carboxylic acids is 1. The van der Waals surface area contributed by atoms with Crippen LogP contribution in [0.2, 0.25) is 0 Å². The number of aliphatic hydroxyl groups is 2. The van der Waals surface area contributed by atoms with Crippen molar-refractivity contribution in [2.75, 3.05) is 6.54 Å². The Labute approximate surface area is 107 Å². The van der Waals surface area contributed by atoms with Gasteiger partial charge in [0.15, 0.2) is 0 Å². The largest absolute Gasteiger partial charge is 0.480 e. The number of aliphatic hydroxyl groups excluding tert-OH is 2. The van der Waals surface area contributed by atoms with Crippen molar-refractivity contribution in [1.29, 1.82) is 0 Å². The van der Waals surface area contributed by atoms with E-state index in [1.807, 2.05) is 5.32 Å². The fourth-order valence-corrected chi connectivity index (χ4v) is 1.32. The minimum atomic E-state index is -1.73. The average molecular weight is 274 g/mol. The van der Waals surface area contributed by atoms with E-state index in [0.717, 1.165) is 0 Å². The average Bonchev–Trinajstić information content (AvgIpc) is 2.39. The normalized spacial score (nSPS) is 16.4. The molecule has 0 aromatic heterocycles. The van der Waals surface area contributed by atoms with E-state index >= 15 is 0 Å². The van der Waals surface area contributed by atoms with E-state index in [4.69, 9.17) is 10.6 Å². The van der Waals surface area contributed by atoms with Crippen molar-refractivity contribution >= 4 is 18.2 Å². The summed E-state index contributed by atoms with van der Waals surface area (Å²) in [6.45, 7) is 0.585. The molecular weight excluding hydrogens is 260 g/mol. The van der Waals surface area contributed by atoms with Crippen LogP contribution in [0.3, 0.4) is 0 Å².